The molecule has 4 nitrogen and oxygen atoms in total. The van der Waals surface area contributed by atoms with E-state index in [1.807, 2.05) is 42.5 Å². The average molecular weight is 243 g/mol. The molecule has 1 aromatic heterocycles. The molecule has 0 saturated carbocycles. The average Bonchev–Trinajstić information content (AvgIpc) is 2.45. The van der Waals surface area contributed by atoms with E-state index in [1.165, 1.54) is 0 Å². The first-order valence-electron chi connectivity index (χ1n) is 5.55. The zero-order valence-electron chi connectivity index (χ0n) is 9.74. The quantitative estimate of drug-likeness (QED) is 0.815. The normalized spacial score (nSPS) is 10.1. The zero-order chi connectivity index (χ0) is 12.8. The summed E-state index contributed by atoms with van der Waals surface area (Å²) in [6.07, 6.45) is 0. The van der Waals surface area contributed by atoms with Crippen LogP contribution in [0.4, 0.5) is 0 Å². The molecule has 0 amide bonds. The van der Waals surface area contributed by atoms with Crippen molar-refractivity contribution in [1.82, 2.24) is 4.98 Å². The molecule has 0 unspecified atom stereocenters. The van der Waals surface area contributed by atoms with Gasteiger partial charge in [-0.1, -0.05) is 30.3 Å². The van der Waals surface area contributed by atoms with E-state index in [0.717, 1.165) is 11.1 Å². The highest BCUT2D eigenvalue weighted by Gasteiger charge is 2.04. The maximum absolute atomic E-state index is 10.2. The van der Waals surface area contributed by atoms with E-state index in [9.17, 15) is 9.90 Å². The second-order valence-corrected chi connectivity index (χ2v) is 3.77. The third kappa shape index (κ3) is 2.93. The van der Waals surface area contributed by atoms with Gasteiger partial charge in [-0.2, -0.15) is 0 Å². The number of ether oxygens (including phenoxy) is 1. The molecule has 1 heterocycles. The number of carbonyl (C=O) groups is 1. The molecule has 4 heteroatoms. The predicted molar refractivity (Wildman–Crippen MR) is 66.4 cm³/mol. The number of pyridine rings is 1. The Kier molecular flexibility index (Phi) is 4.04. The minimum Gasteiger partial charge on any atom is -0.461 e. The summed E-state index contributed by atoms with van der Waals surface area (Å²) in [6.45, 7) is 0.349. The van der Waals surface area contributed by atoms with Gasteiger partial charge in [-0.3, -0.25) is 9.78 Å². The number of nitrogens with zero attached hydrogens (tertiary/aromatic N) is 1. The summed E-state index contributed by atoms with van der Waals surface area (Å²) in [6, 6.07) is 13.4. The third-order valence-corrected chi connectivity index (χ3v) is 2.50. The lowest BCUT2D eigenvalue weighted by molar-refractivity contribution is -0.129. The van der Waals surface area contributed by atoms with Crippen molar-refractivity contribution in [3.63, 3.8) is 0 Å². The molecule has 2 rings (SSSR count). The molecule has 18 heavy (non-hydrogen) atoms. The summed E-state index contributed by atoms with van der Waals surface area (Å²) in [4.78, 5) is 14.4. The summed E-state index contributed by atoms with van der Waals surface area (Å²) in [5, 5.41) is 9.19. The lowest BCUT2D eigenvalue weighted by Crippen LogP contribution is -1.99. The standard InChI is InChI=1S/C14H13NO3/c16-8-13-6-12(11-4-2-1-3-5-11)7-14(15-13)9-18-10-17/h1-7,10,16H,8-9H2. The number of hydrogen-bond donors (Lipinski definition) is 1. The van der Waals surface area contributed by atoms with Gasteiger partial charge in [0.05, 0.1) is 18.0 Å². The first kappa shape index (κ1) is 12.3. The molecule has 0 saturated heterocycles. The van der Waals surface area contributed by atoms with E-state index < -0.39 is 0 Å². The van der Waals surface area contributed by atoms with Gasteiger partial charge in [-0.05, 0) is 23.3 Å². The van der Waals surface area contributed by atoms with Crippen molar-refractivity contribution in [3.05, 3.63) is 53.9 Å². The largest absolute Gasteiger partial charge is 0.461 e. The summed E-state index contributed by atoms with van der Waals surface area (Å²) in [5.41, 5.74) is 3.15. The van der Waals surface area contributed by atoms with Crippen LogP contribution in [0.3, 0.4) is 0 Å². The SMILES string of the molecule is O=COCc1cc(-c2ccccc2)cc(CO)n1. The topological polar surface area (TPSA) is 59.4 Å². The van der Waals surface area contributed by atoms with Gasteiger partial charge in [0.1, 0.15) is 6.61 Å². The Morgan fingerprint density at radius 2 is 1.83 bits per heavy atom. The smallest absolute Gasteiger partial charge is 0.293 e. The second-order valence-electron chi connectivity index (χ2n) is 3.77. The molecular weight excluding hydrogens is 230 g/mol. The fourth-order valence-corrected chi connectivity index (χ4v) is 1.72. The highest BCUT2D eigenvalue weighted by Crippen LogP contribution is 2.21. The van der Waals surface area contributed by atoms with E-state index in [-0.39, 0.29) is 13.2 Å². The number of aliphatic hydroxyl groups is 1. The molecule has 92 valence electrons. The highest BCUT2D eigenvalue weighted by molar-refractivity contribution is 5.64. The number of hydrogen-bond acceptors (Lipinski definition) is 4. The fraction of sp³-hybridized carbons (Fsp3) is 0.143. The van der Waals surface area contributed by atoms with Gasteiger partial charge in [0, 0.05) is 0 Å². The van der Waals surface area contributed by atoms with E-state index in [4.69, 9.17) is 0 Å². The number of benzene rings is 1. The molecule has 1 aromatic carbocycles. The predicted octanol–water partition coefficient (Wildman–Crippen LogP) is 1.91. The van der Waals surface area contributed by atoms with E-state index in [1.54, 1.807) is 0 Å². The molecule has 1 N–H and O–H groups in total. The summed E-state index contributed by atoms with van der Waals surface area (Å²) in [5.74, 6) is 0. The Morgan fingerprint density at radius 1 is 1.11 bits per heavy atom. The van der Waals surface area contributed by atoms with Crippen molar-refractivity contribution < 1.29 is 14.6 Å². The molecule has 0 spiro atoms. The Bertz CT molecular complexity index is 526. The van der Waals surface area contributed by atoms with Crippen LogP contribution in [0.15, 0.2) is 42.5 Å². The second kappa shape index (κ2) is 5.93. The lowest BCUT2D eigenvalue weighted by atomic mass is 10.1. The minimum absolute atomic E-state index is 0.108. The molecule has 0 aliphatic heterocycles. The fourth-order valence-electron chi connectivity index (χ4n) is 1.72. The third-order valence-electron chi connectivity index (χ3n) is 2.50. The van der Waals surface area contributed by atoms with Gasteiger partial charge < -0.3 is 9.84 Å². The number of aliphatic hydroxyl groups excluding tert-OH is 1. The van der Waals surface area contributed by atoms with Gasteiger partial charge in [0.25, 0.3) is 6.47 Å². The molecule has 0 atom stereocenters. The molecule has 0 radical (unpaired) electrons. The summed E-state index contributed by atoms with van der Waals surface area (Å²) < 4.78 is 4.69. The van der Waals surface area contributed by atoms with E-state index in [2.05, 4.69) is 9.72 Å². The van der Waals surface area contributed by atoms with Gasteiger partial charge in [-0.25, -0.2) is 0 Å². The van der Waals surface area contributed by atoms with Crippen LogP contribution >= 0.6 is 0 Å². The molecule has 0 aliphatic rings. The monoisotopic (exact) mass is 243 g/mol. The Morgan fingerprint density at radius 3 is 2.50 bits per heavy atom. The molecular formula is C14H13NO3. The van der Waals surface area contributed by atoms with Crippen molar-refractivity contribution in [2.45, 2.75) is 13.2 Å². The first-order chi connectivity index (χ1) is 8.83. The maximum Gasteiger partial charge on any atom is 0.293 e. The van der Waals surface area contributed by atoms with Crippen LogP contribution in [0.25, 0.3) is 11.1 Å². The van der Waals surface area contributed by atoms with Crippen molar-refractivity contribution in [1.29, 1.82) is 0 Å². The van der Waals surface area contributed by atoms with Crippen LogP contribution in [0.5, 0.6) is 0 Å². The summed E-state index contributed by atoms with van der Waals surface area (Å²) in [7, 11) is 0. The van der Waals surface area contributed by atoms with Crippen molar-refractivity contribution in [2.24, 2.45) is 0 Å². The Labute approximate surface area is 105 Å². The van der Waals surface area contributed by atoms with Crippen molar-refractivity contribution in [3.8, 4) is 11.1 Å². The van der Waals surface area contributed by atoms with Crippen LogP contribution in [0.1, 0.15) is 11.4 Å². The Balaban J connectivity index is 2.37. The van der Waals surface area contributed by atoms with Crippen LogP contribution in [0, 0.1) is 0 Å². The molecule has 0 aliphatic carbocycles. The van der Waals surface area contributed by atoms with Crippen molar-refractivity contribution in [2.75, 3.05) is 0 Å². The van der Waals surface area contributed by atoms with E-state index in [0.29, 0.717) is 17.9 Å². The molecule has 0 bridgehead atoms. The summed E-state index contributed by atoms with van der Waals surface area (Å²) >= 11 is 0. The van der Waals surface area contributed by atoms with Gasteiger partial charge in [0.15, 0.2) is 0 Å². The zero-order valence-corrected chi connectivity index (χ0v) is 9.74. The number of rotatable bonds is 5. The van der Waals surface area contributed by atoms with Crippen LogP contribution in [0.2, 0.25) is 0 Å². The van der Waals surface area contributed by atoms with Crippen LogP contribution in [-0.2, 0) is 22.7 Å². The van der Waals surface area contributed by atoms with Gasteiger partial charge >= 0.3 is 0 Å². The van der Waals surface area contributed by atoms with Crippen LogP contribution in [-0.4, -0.2) is 16.6 Å². The molecule has 0 fully saturated rings. The first-order valence-corrected chi connectivity index (χ1v) is 5.55. The number of aromatic nitrogens is 1. The Hall–Kier alpha value is -2.20. The maximum atomic E-state index is 10.2. The van der Waals surface area contributed by atoms with Gasteiger partial charge in [-0.15, -0.1) is 0 Å². The number of carbonyl (C=O) groups excluding carboxylic acids is 1. The highest BCUT2D eigenvalue weighted by atomic mass is 16.5. The molecule has 2 aromatic rings. The minimum atomic E-state index is -0.144. The lowest BCUT2D eigenvalue weighted by Gasteiger charge is -2.07. The van der Waals surface area contributed by atoms with Crippen molar-refractivity contribution >= 4 is 6.47 Å². The van der Waals surface area contributed by atoms with Crippen LogP contribution < -0.4 is 0 Å². The van der Waals surface area contributed by atoms with E-state index >= 15 is 0 Å². The van der Waals surface area contributed by atoms with Gasteiger partial charge in [0.2, 0.25) is 0 Å².